The van der Waals surface area contributed by atoms with Gasteiger partial charge >= 0.3 is 0 Å². The number of rotatable bonds is 12. The first-order valence-corrected chi connectivity index (χ1v) is 16.3. The Morgan fingerprint density at radius 1 is 0.816 bits per heavy atom. The van der Waals surface area contributed by atoms with E-state index in [0.29, 0.717) is 11.3 Å². The van der Waals surface area contributed by atoms with Crippen LogP contribution in [-0.4, -0.2) is 6.61 Å². The van der Waals surface area contributed by atoms with Crippen LogP contribution in [-0.2, 0) is 0 Å². The molecule has 2 fully saturated rings. The van der Waals surface area contributed by atoms with Gasteiger partial charge in [-0.15, -0.1) is 0 Å². The SMILES string of the molecule is CCCCCC1([C@H]2CC[C@H](C(C)c3ccc(-c4ccc(OCCCC)c(C)c4)c(C)c3)CC2)CCCCC1. The highest BCUT2D eigenvalue weighted by Gasteiger charge is 2.41. The summed E-state index contributed by atoms with van der Waals surface area (Å²) in [5, 5.41) is 0. The van der Waals surface area contributed by atoms with Crippen molar-refractivity contribution in [1.82, 2.24) is 0 Å². The van der Waals surface area contributed by atoms with Crippen LogP contribution < -0.4 is 4.74 Å². The number of hydrogen-bond donors (Lipinski definition) is 0. The van der Waals surface area contributed by atoms with Gasteiger partial charge in [0.25, 0.3) is 0 Å². The van der Waals surface area contributed by atoms with Gasteiger partial charge in [0, 0.05) is 0 Å². The van der Waals surface area contributed by atoms with Crippen LogP contribution in [0.1, 0.15) is 140 Å². The first-order chi connectivity index (χ1) is 18.5. The molecule has 210 valence electrons. The van der Waals surface area contributed by atoms with E-state index in [9.17, 15) is 0 Å². The maximum absolute atomic E-state index is 5.99. The van der Waals surface area contributed by atoms with Crippen molar-refractivity contribution in [3.05, 3.63) is 53.1 Å². The van der Waals surface area contributed by atoms with Gasteiger partial charge in [-0.2, -0.15) is 0 Å². The number of ether oxygens (including phenoxy) is 1. The van der Waals surface area contributed by atoms with Crippen molar-refractivity contribution in [3.8, 4) is 16.9 Å². The van der Waals surface area contributed by atoms with E-state index in [-0.39, 0.29) is 0 Å². The van der Waals surface area contributed by atoms with Crippen LogP contribution in [0.25, 0.3) is 11.1 Å². The molecule has 0 radical (unpaired) electrons. The number of aryl methyl sites for hydroxylation is 2. The second-order valence-corrected chi connectivity index (χ2v) is 13.0. The molecule has 0 saturated heterocycles. The van der Waals surface area contributed by atoms with Crippen LogP contribution in [0.3, 0.4) is 0 Å². The monoisotopic (exact) mass is 516 g/mol. The smallest absolute Gasteiger partial charge is 0.122 e. The van der Waals surface area contributed by atoms with Crippen LogP contribution in [0.4, 0.5) is 0 Å². The molecule has 1 unspecified atom stereocenters. The lowest BCUT2D eigenvalue weighted by Crippen LogP contribution is -2.36. The van der Waals surface area contributed by atoms with E-state index >= 15 is 0 Å². The fourth-order valence-electron chi connectivity index (χ4n) is 7.95. The Balaban J connectivity index is 1.38. The lowest BCUT2D eigenvalue weighted by atomic mass is 9.58. The molecule has 2 aliphatic carbocycles. The molecule has 0 N–H and O–H groups in total. The van der Waals surface area contributed by atoms with Crippen molar-refractivity contribution in [2.24, 2.45) is 17.3 Å². The molecule has 1 atom stereocenters. The maximum atomic E-state index is 5.99. The summed E-state index contributed by atoms with van der Waals surface area (Å²) in [4.78, 5) is 0. The highest BCUT2D eigenvalue weighted by Crippen LogP contribution is 2.53. The van der Waals surface area contributed by atoms with E-state index in [1.165, 1.54) is 112 Å². The van der Waals surface area contributed by atoms with E-state index in [2.05, 4.69) is 71.0 Å². The Morgan fingerprint density at radius 2 is 1.55 bits per heavy atom. The third-order valence-corrected chi connectivity index (χ3v) is 10.5. The molecular weight excluding hydrogens is 460 g/mol. The van der Waals surface area contributed by atoms with Crippen LogP contribution in [0.2, 0.25) is 0 Å². The van der Waals surface area contributed by atoms with Gasteiger partial charge in [-0.3, -0.25) is 0 Å². The summed E-state index contributed by atoms with van der Waals surface area (Å²) in [6.07, 6.45) is 21.4. The zero-order valence-corrected chi connectivity index (χ0v) is 25.4. The summed E-state index contributed by atoms with van der Waals surface area (Å²) in [7, 11) is 0. The number of hydrogen-bond acceptors (Lipinski definition) is 1. The van der Waals surface area contributed by atoms with Crippen LogP contribution in [0.5, 0.6) is 5.75 Å². The van der Waals surface area contributed by atoms with Gasteiger partial charge in [0.2, 0.25) is 0 Å². The molecule has 1 heteroatoms. The summed E-state index contributed by atoms with van der Waals surface area (Å²) in [5.41, 5.74) is 7.54. The van der Waals surface area contributed by atoms with E-state index in [0.717, 1.165) is 30.6 Å². The summed E-state index contributed by atoms with van der Waals surface area (Å²) >= 11 is 0. The molecule has 0 bridgehead atoms. The molecule has 2 aliphatic rings. The molecule has 4 rings (SSSR count). The van der Waals surface area contributed by atoms with Gasteiger partial charge in [-0.1, -0.05) is 90.0 Å². The van der Waals surface area contributed by atoms with Gasteiger partial charge in [-0.05, 0) is 128 Å². The second kappa shape index (κ2) is 14.0. The van der Waals surface area contributed by atoms with Crippen molar-refractivity contribution in [2.45, 2.75) is 137 Å². The lowest BCUT2D eigenvalue weighted by molar-refractivity contribution is 0.0409. The number of unbranched alkanes of at least 4 members (excludes halogenated alkanes) is 3. The van der Waals surface area contributed by atoms with Crippen molar-refractivity contribution >= 4 is 0 Å². The quantitative estimate of drug-likeness (QED) is 0.255. The topological polar surface area (TPSA) is 9.23 Å². The van der Waals surface area contributed by atoms with Gasteiger partial charge in [0.15, 0.2) is 0 Å². The zero-order valence-electron chi connectivity index (χ0n) is 25.4. The molecule has 0 amide bonds. The maximum Gasteiger partial charge on any atom is 0.122 e. The highest BCUT2D eigenvalue weighted by atomic mass is 16.5. The van der Waals surface area contributed by atoms with Gasteiger partial charge in [-0.25, -0.2) is 0 Å². The molecule has 2 saturated carbocycles. The Morgan fingerprint density at radius 3 is 2.21 bits per heavy atom. The lowest BCUT2D eigenvalue weighted by Gasteiger charge is -2.47. The fourth-order valence-corrected chi connectivity index (χ4v) is 7.95. The summed E-state index contributed by atoms with van der Waals surface area (Å²) in [5.74, 6) is 3.52. The van der Waals surface area contributed by atoms with E-state index in [4.69, 9.17) is 4.74 Å². The normalized spacial score (nSPS) is 22.2. The standard InChI is InChI=1S/C37H56O/c1-6-8-11-22-37(23-12-10-13-24-37)34-18-14-31(15-19-34)30(5)32-16-20-35(28(3)26-32)33-17-21-36(29(4)27-33)38-25-9-7-2/h16-17,20-21,26-27,30-31,34H,6-15,18-19,22-25H2,1-5H3/t30?,31-,34-. The van der Waals surface area contributed by atoms with Crippen molar-refractivity contribution in [2.75, 3.05) is 6.61 Å². The Hall–Kier alpha value is -1.76. The number of benzene rings is 2. The van der Waals surface area contributed by atoms with Gasteiger partial charge in [0.1, 0.15) is 5.75 Å². The minimum absolute atomic E-state index is 0.655. The van der Waals surface area contributed by atoms with Crippen molar-refractivity contribution < 1.29 is 4.74 Å². The Labute approximate surface area is 235 Å². The van der Waals surface area contributed by atoms with E-state index in [1.807, 2.05) is 0 Å². The fraction of sp³-hybridized carbons (Fsp3) is 0.676. The first-order valence-electron chi connectivity index (χ1n) is 16.3. The summed E-state index contributed by atoms with van der Waals surface area (Å²) < 4.78 is 5.99. The highest BCUT2D eigenvalue weighted by molar-refractivity contribution is 5.69. The Kier molecular flexibility index (Phi) is 10.8. The summed E-state index contributed by atoms with van der Waals surface area (Å²) in [6.45, 7) is 12.4. The molecule has 0 spiro atoms. The van der Waals surface area contributed by atoms with Gasteiger partial charge in [0.05, 0.1) is 6.61 Å². The first kappa shape index (κ1) is 29.2. The molecule has 0 aliphatic heterocycles. The van der Waals surface area contributed by atoms with Crippen molar-refractivity contribution in [3.63, 3.8) is 0 Å². The third kappa shape index (κ3) is 7.05. The average molecular weight is 517 g/mol. The predicted molar refractivity (Wildman–Crippen MR) is 165 cm³/mol. The molecule has 2 aromatic carbocycles. The molecule has 0 heterocycles. The minimum atomic E-state index is 0.655. The van der Waals surface area contributed by atoms with Crippen LogP contribution in [0.15, 0.2) is 36.4 Å². The van der Waals surface area contributed by atoms with Crippen molar-refractivity contribution in [1.29, 1.82) is 0 Å². The molecule has 2 aromatic rings. The molecule has 38 heavy (non-hydrogen) atoms. The summed E-state index contributed by atoms with van der Waals surface area (Å²) in [6, 6.07) is 14.0. The largest absolute Gasteiger partial charge is 0.493 e. The van der Waals surface area contributed by atoms with Crippen LogP contribution in [0, 0.1) is 31.1 Å². The molecule has 1 nitrogen and oxygen atoms in total. The van der Waals surface area contributed by atoms with E-state index in [1.54, 1.807) is 5.56 Å². The van der Waals surface area contributed by atoms with E-state index < -0.39 is 0 Å². The zero-order chi connectivity index (χ0) is 27.0. The predicted octanol–water partition coefficient (Wildman–Crippen LogP) is 11.6. The van der Waals surface area contributed by atoms with Crippen LogP contribution >= 0.6 is 0 Å². The minimum Gasteiger partial charge on any atom is -0.493 e. The molecular formula is C37H56O. The van der Waals surface area contributed by atoms with Gasteiger partial charge < -0.3 is 4.74 Å². The molecule has 0 aromatic heterocycles. The third-order valence-electron chi connectivity index (χ3n) is 10.5. The average Bonchev–Trinajstić information content (AvgIpc) is 2.94. The second-order valence-electron chi connectivity index (χ2n) is 13.0. The Bertz CT molecular complexity index is 990.